The van der Waals surface area contributed by atoms with Crippen molar-refractivity contribution in [2.45, 2.75) is 58.2 Å². The van der Waals surface area contributed by atoms with Crippen LogP contribution in [0.2, 0.25) is 5.02 Å². The number of amides is 2. The van der Waals surface area contributed by atoms with Crippen LogP contribution in [0.1, 0.15) is 56.8 Å². The molecule has 2 amide bonds. The second-order valence-electron chi connectivity index (χ2n) is 10.4. The Kier molecular flexibility index (Phi) is 9.65. The van der Waals surface area contributed by atoms with Crippen LogP contribution < -0.4 is 9.46 Å². The van der Waals surface area contributed by atoms with Gasteiger partial charge in [0.1, 0.15) is 17.2 Å². The molecule has 1 saturated heterocycles. The van der Waals surface area contributed by atoms with Crippen molar-refractivity contribution in [2.75, 3.05) is 39.9 Å². The number of benzene rings is 1. The van der Waals surface area contributed by atoms with E-state index in [9.17, 15) is 22.4 Å². The van der Waals surface area contributed by atoms with E-state index in [1.54, 1.807) is 20.8 Å². The van der Waals surface area contributed by atoms with Crippen molar-refractivity contribution >= 4 is 33.8 Å². The van der Waals surface area contributed by atoms with Gasteiger partial charge in [0.25, 0.3) is 5.91 Å². The van der Waals surface area contributed by atoms with E-state index in [1.807, 2.05) is 4.72 Å². The number of halogens is 2. The molecule has 2 fully saturated rings. The lowest BCUT2D eigenvalue weighted by atomic mass is 10.1. The molecule has 0 spiro atoms. The SMILES string of the molecule is CN(CC1CN(S(=O)(=O)NC(=O)c2cc(Cl)c(OCC3CCCC3)cc2F)CCO1)C(=O)OC(C)(C)C. The summed E-state index contributed by atoms with van der Waals surface area (Å²) in [7, 11) is -2.82. The topological polar surface area (TPSA) is 114 Å². The number of ether oxygens (including phenoxy) is 3. The predicted octanol–water partition coefficient (Wildman–Crippen LogP) is 3.59. The average molecular weight is 564 g/mol. The molecule has 3 rings (SSSR count). The Hall–Kier alpha value is -2.15. The van der Waals surface area contributed by atoms with Gasteiger partial charge in [-0.2, -0.15) is 12.7 Å². The maximum Gasteiger partial charge on any atom is 0.410 e. The highest BCUT2D eigenvalue weighted by Gasteiger charge is 2.33. The van der Waals surface area contributed by atoms with Crippen molar-refractivity contribution in [3.63, 3.8) is 0 Å². The van der Waals surface area contributed by atoms with Crippen molar-refractivity contribution in [3.8, 4) is 5.75 Å². The smallest absolute Gasteiger partial charge is 0.410 e. The van der Waals surface area contributed by atoms with Gasteiger partial charge in [0.15, 0.2) is 0 Å². The van der Waals surface area contributed by atoms with Gasteiger partial charge in [-0.25, -0.2) is 13.9 Å². The third-order valence-corrected chi connectivity index (χ3v) is 7.81. The van der Waals surface area contributed by atoms with Gasteiger partial charge < -0.3 is 19.1 Å². The standard InChI is InChI=1S/C24H35ClFN3O7S/c1-24(2,3)36-23(31)28(4)13-17-14-29(9-10-34-17)37(32,33)27-22(30)18-11-19(25)21(12-20(18)26)35-15-16-7-5-6-8-16/h11-12,16-17H,5-10,13-15H2,1-4H3,(H,27,30). The Morgan fingerprint density at radius 1 is 1.27 bits per heavy atom. The Morgan fingerprint density at radius 2 is 1.95 bits per heavy atom. The van der Waals surface area contributed by atoms with Gasteiger partial charge in [0.05, 0.1) is 36.4 Å². The molecule has 1 aliphatic carbocycles. The van der Waals surface area contributed by atoms with E-state index in [4.69, 9.17) is 25.8 Å². The molecule has 0 aromatic heterocycles. The van der Waals surface area contributed by atoms with Gasteiger partial charge in [-0.05, 0) is 45.6 Å². The van der Waals surface area contributed by atoms with E-state index >= 15 is 0 Å². The summed E-state index contributed by atoms with van der Waals surface area (Å²) in [4.78, 5) is 26.2. The minimum Gasteiger partial charge on any atom is -0.492 e. The number of carbonyl (C=O) groups excluding carboxylic acids is 2. The maximum atomic E-state index is 14.7. The van der Waals surface area contributed by atoms with E-state index in [0.717, 1.165) is 42.1 Å². The third kappa shape index (κ3) is 8.42. The number of nitrogens with zero attached hydrogens (tertiary/aromatic N) is 2. The Balaban J connectivity index is 1.60. The molecule has 0 bridgehead atoms. The van der Waals surface area contributed by atoms with Crippen molar-refractivity contribution < 1.29 is 36.6 Å². The van der Waals surface area contributed by atoms with Crippen molar-refractivity contribution in [2.24, 2.45) is 5.92 Å². The summed E-state index contributed by atoms with van der Waals surface area (Å²) in [5, 5.41) is 0.0126. The zero-order valence-corrected chi connectivity index (χ0v) is 23.2. The highest BCUT2D eigenvalue weighted by atomic mass is 35.5. The predicted molar refractivity (Wildman–Crippen MR) is 135 cm³/mol. The van der Waals surface area contributed by atoms with Crippen molar-refractivity contribution in [1.29, 1.82) is 0 Å². The fourth-order valence-corrected chi connectivity index (χ4v) is 5.54. The largest absolute Gasteiger partial charge is 0.492 e. The first-order valence-corrected chi connectivity index (χ1v) is 14.1. The highest BCUT2D eigenvalue weighted by Crippen LogP contribution is 2.31. The first-order valence-electron chi connectivity index (χ1n) is 12.2. The molecule has 0 radical (unpaired) electrons. The van der Waals surface area contributed by atoms with Crippen LogP contribution in [0.15, 0.2) is 12.1 Å². The number of nitrogens with one attached hydrogen (secondary N) is 1. The first-order chi connectivity index (χ1) is 17.2. The lowest BCUT2D eigenvalue weighted by Gasteiger charge is -2.34. The molecule has 1 atom stereocenters. The fourth-order valence-electron chi connectivity index (χ4n) is 4.18. The van der Waals surface area contributed by atoms with E-state index in [1.165, 1.54) is 11.9 Å². The summed E-state index contributed by atoms with van der Waals surface area (Å²) in [5.41, 5.74) is -1.20. The number of hydrogen-bond acceptors (Lipinski definition) is 7. The normalized spacial score (nSPS) is 19.5. The number of morpholine rings is 1. The van der Waals surface area contributed by atoms with Crippen LogP contribution in [-0.2, 0) is 19.7 Å². The lowest BCUT2D eigenvalue weighted by Crippen LogP contribution is -2.53. The van der Waals surface area contributed by atoms with Gasteiger partial charge in [-0.3, -0.25) is 4.79 Å². The van der Waals surface area contributed by atoms with Crippen LogP contribution in [0, 0.1) is 11.7 Å². The number of likely N-dealkylation sites (N-methyl/N-ethyl adjacent to an activating group) is 1. The number of carbonyl (C=O) groups is 2. The monoisotopic (exact) mass is 563 g/mol. The molecule has 208 valence electrons. The number of hydrogen-bond donors (Lipinski definition) is 1. The Labute approximate surface area is 222 Å². The van der Waals surface area contributed by atoms with Crippen LogP contribution in [-0.4, -0.2) is 81.2 Å². The minimum absolute atomic E-state index is 0.0126. The molecule has 1 aromatic carbocycles. The van der Waals surface area contributed by atoms with Crippen LogP contribution in [0.4, 0.5) is 9.18 Å². The molecule has 1 unspecified atom stereocenters. The highest BCUT2D eigenvalue weighted by molar-refractivity contribution is 7.87. The summed E-state index contributed by atoms with van der Waals surface area (Å²) in [6, 6.07) is 2.06. The summed E-state index contributed by atoms with van der Waals surface area (Å²) >= 11 is 6.19. The number of rotatable bonds is 8. The second kappa shape index (κ2) is 12.1. The van der Waals surface area contributed by atoms with E-state index < -0.39 is 45.3 Å². The average Bonchev–Trinajstić information content (AvgIpc) is 3.31. The van der Waals surface area contributed by atoms with E-state index in [-0.39, 0.29) is 37.0 Å². The molecule has 10 nitrogen and oxygen atoms in total. The van der Waals surface area contributed by atoms with Crippen molar-refractivity contribution in [1.82, 2.24) is 13.9 Å². The quantitative estimate of drug-likeness (QED) is 0.514. The van der Waals surface area contributed by atoms with Crippen LogP contribution >= 0.6 is 11.6 Å². The summed E-state index contributed by atoms with van der Waals surface area (Å²) < 4.78 is 59.9. The molecule has 2 aliphatic rings. The minimum atomic E-state index is -4.33. The molecule has 1 saturated carbocycles. The van der Waals surface area contributed by atoms with E-state index in [0.29, 0.717) is 12.5 Å². The van der Waals surface area contributed by atoms with Gasteiger partial charge in [-0.1, -0.05) is 24.4 Å². The maximum absolute atomic E-state index is 14.7. The fraction of sp³-hybridized carbons (Fsp3) is 0.667. The first kappa shape index (κ1) is 29.4. The summed E-state index contributed by atoms with van der Waals surface area (Å²) in [5.74, 6) is -1.61. The molecule has 1 aromatic rings. The van der Waals surface area contributed by atoms with Gasteiger partial charge in [0, 0.05) is 26.2 Å². The summed E-state index contributed by atoms with van der Waals surface area (Å²) in [6.07, 6.45) is 3.12. The van der Waals surface area contributed by atoms with Crippen molar-refractivity contribution in [3.05, 3.63) is 28.5 Å². The molecular weight excluding hydrogens is 529 g/mol. The molecule has 13 heteroatoms. The van der Waals surface area contributed by atoms with E-state index in [2.05, 4.69) is 0 Å². The third-order valence-electron chi connectivity index (χ3n) is 6.06. The van der Waals surface area contributed by atoms with Crippen LogP contribution in [0.25, 0.3) is 0 Å². The van der Waals surface area contributed by atoms with Gasteiger partial charge in [-0.15, -0.1) is 0 Å². The zero-order valence-electron chi connectivity index (χ0n) is 21.6. The molecule has 1 heterocycles. The van der Waals surface area contributed by atoms with Gasteiger partial charge >= 0.3 is 16.3 Å². The van der Waals surface area contributed by atoms with Crippen LogP contribution in [0.5, 0.6) is 5.75 Å². The lowest BCUT2D eigenvalue weighted by molar-refractivity contribution is -0.0248. The molecule has 1 aliphatic heterocycles. The molecule has 1 N–H and O–H groups in total. The van der Waals surface area contributed by atoms with Gasteiger partial charge in [0.2, 0.25) is 0 Å². The zero-order chi connectivity index (χ0) is 27.4. The summed E-state index contributed by atoms with van der Waals surface area (Å²) in [6.45, 7) is 5.59. The molecule has 37 heavy (non-hydrogen) atoms. The Morgan fingerprint density at radius 3 is 2.59 bits per heavy atom. The molecular formula is C24H35ClFN3O7S. The van der Waals surface area contributed by atoms with Crippen LogP contribution in [0.3, 0.4) is 0 Å². The second-order valence-corrected chi connectivity index (χ2v) is 12.4. The Bertz CT molecular complexity index is 1090.